The van der Waals surface area contributed by atoms with Gasteiger partial charge in [0.2, 0.25) is 5.91 Å². The largest absolute Gasteiger partial charge is 0.381 e. The van der Waals surface area contributed by atoms with Crippen LogP contribution in [0.2, 0.25) is 0 Å². The normalized spacial score (nSPS) is 40.2. The molecule has 0 bridgehead atoms. The molecule has 0 saturated heterocycles. The van der Waals surface area contributed by atoms with Crippen molar-refractivity contribution < 1.29 is 9.53 Å². The number of fused-ring (bicyclic) bond motifs is 5. The van der Waals surface area contributed by atoms with Gasteiger partial charge in [-0.3, -0.25) is 4.79 Å². The third-order valence-corrected chi connectivity index (χ3v) is 11.0. The number of aromatic nitrogens is 2. The van der Waals surface area contributed by atoms with Crippen molar-refractivity contribution in [1.82, 2.24) is 9.97 Å². The fourth-order valence-corrected chi connectivity index (χ4v) is 9.38. The van der Waals surface area contributed by atoms with E-state index in [0.29, 0.717) is 17.2 Å². The van der Waals surface area contributed by atoms with Crippen molar-refractivity contribution in [1.29, 1.82) is 5.26 Å². The van der Waals surface area contributed by atoms with Gasteiger partial charge in [-0.2, -0.15) is 5.26 Å². The lowest BCUT2D eigenvalue weighted by atomic mass is 9.43. The lowest BCUT2D eigenvalue weighted by Gasteiger charge is -2.62. The molecule has 1 amide bonds. The first kappa shape index (κ1) is 24.7. The Balaban J connectivity index is 1.30. The molecule has 1 heterocycles. The summed E-state index contributed by atoms with van der Waals surface area (Å²) in [5.41, 5.74) is 0.839. The van der Waals surface area contributed by atoms with Crippen LogP contribution in [0, 0.1) is 57.7 Å². The van der Waals surface area contributed by atoms with Crippen LogP contribution in [0.15, 0.2) is 12.4 Å². The van der Waals surface area contributed by atoms with E-state index in [-0.39, 0.29) is 22.9 Å². The van der Waals surface area contributed by atoms with Crippen LogP contribution in [0.4, 0.5) is 5.82 Å². The number of nitrogens with one attached hydrogen (secondary N) is 1. The van der Waals surface area contributed by atoms with Crippen LogP contribution in [-0.2, 0) is 9.53 Å². The van der Waals surface area contributed by atoms with Crippen LogP contribution in [0.25, 0.3) is 0 Å². The van der Waals surface area contributed by atoms with Crippen LogP contribution in [0.5, 0.6) is 0 Å². The van der Waals surface area contributed by atoms with Gasteiger partial charge in [-0.05, 0) is 112 Å². The molecule has 0 spiro atoms. The predicted octanol–water partition coefficient (Wildman–Crippen LogP) is 5.99. The summed E-state index contributed by atoms with van der Waals surface area (Å²) >= 11 is 0. The molecule has 8 unspecified atom stereocenters. The molecular formula is C29H42N4O2. The molecule has 0 radical (unpaired) electrons. The van der Waals surface area contributed by atoms with Crippen molar-refractivity contribution in [2.75, 3.05) is 18.5 Å². The molecule has 6 nitrogen and oxygen atoms in total. The van der Waals surface area contributed by atoms with Crippen molar-refractivity contribution in [3.8, 4) is 6.07 Å². The van der Waals surface area contributed by atoms with Gasteiger partial charge in [0, 0.05) is 19.1 Å². The number of carbonyl (C=O) groups is 1. The monoisotopic (exact) mass is 478 g/mol. The minimum Gasteiger partial charge on any atom is -0.381 e. The number of hydrogen-bond donors (Lipinski definition) is 1. The minimum absolute atomic E-state index is 0.0307. The number of hydrogen-bond acceptors (Lipinski definition) is 5. The number of ether oxygens (including phenoxy) is 1. The van der Waals surface area contributed by atoms with Crippen molar-refractivity contribution in [3.63, 3.8) is 0 Å². The average molecular weight is 479 g/mol. The molecule has 4 aliphatic carbocycles. The highest BCUT2D eigenvalue weighted by Gasteiger charge is 2.62. The first-order valence-electron chi connectivity index (χ1n) is 14.1. The second-order valence-corrected chi connectivity index (χ2v) is 12.1. The van der Waals surface area contributed by atoms with Gasteiger partial charge in [0.1, 0.15) is 6.07 Å². The molecule has 0 aliphatic heterocycles. The van der Waals surface area contributed by atoms with Crippen molar-refractivity contribution >= 4 is 11.7 Å². The zero-order valence-electron chi connectivity index (χ0n) is 21.8. The van der Waals surface area contributed by atoms with E-state index in [1.165, 1.54) is 63.8 Å². The molecule has 0 aromatic carbocycles. The third kappa shape index (κ3) is 4.18. The van der Waals surface area contributed by atoms with E-state index >= 15 is 0 Å². The number of rotatable bonds is 6. The number of nitriles is 1. The van der Waals surface area contributed by atoms with E-state index in [1.807, 2.05) is 6.07 Å². The highest BCUT2D eigenvalue weighted by Crippen LogP contribution is 2.68. The van der Waals surface area contributed by atoms with Gasteiger partial charge in [0.25, 0.3) is 0 Å². The summed E-state index contributed by atoms with van der Waals surface area (Å²) in [4.78, 5) is 21.7. The summed E-state index contributed by atoms with van der Waals surface area (Å²) in [7, 11) is 0. The van der Waals surface area contributed by atoms with E-state index in [9.17, 15) is 4.79 Å². The first-order chi connectivity index (χ1) is 16.9. The summed E-state index contributed by atoms with van der Waals surface area (Å²) in [5.74, 6) is 4.40. The van der Waals surface area contributed by atoms with Crippen molar-refractivity contribution in [2.45, 2.75) is 85.0 Å². The minimum atomic E-state index is 0.0307. The molecule has 190 valence electrons. The molecule has 1 N–H and O–H groups in total. The molecule has 4 saturated carbocycles. The lowest BCUT2D eigenvalue weighted by Crippen LogP contribution is -2.55. The van der Waals surface area contributed by atoms with Gasteiger partial charge in [0.05, 0.1) is 12.4 Å². The molecule has 1 aromatic rings. The van der Waals surface area contributed by atoms with Gasteiger partial charge >= 0.3 is 0 Å². The van der Waals surface area contributed by atoms with Crippen molar-refractivity contribution in [3.05, 3.63) is 18.1 Å². The van der Waals surface area contributed by atoms with Gasteiger partial charge in [-0.1, -0.05) is 13.8 Å². The second-order valence-electron chi connectivity index (χ2n) is 12.1. The number of carbonyl (C=O) groups excluding carboxylic acids is 1. The van der Waals surface area contributed by atoms with Crippen LogP contribution < -0.4 is 5.32 Å². The van der Waals surface area contributed by atoms with Crippen LogP contribution in [0.3, 0.4) is 0 Å². The summed E-state index contributed by atoms with van der Waals surface area (Å²) in [5, 5.41) is 12.0. The Morgan fingerprint density at radius 1 is 1.11 bits per heavy atom. The highest BCUT2D eigenvalue weighted by atomic mass is 16.5. The smallest absolute Gasteiger partial charge is 0.229 e. The molecule has 5 rings (SSSR count). The zero-order valence-corrected chi connectivity index (χ0v) is 21.8. The second kappa shape index (κ2) is 9.81. The van der Waals surface area contributed by atoms with E-state index in [4.69, 9.17) is 10.00 Å². The van der Waals surface area contributed by atoms with E-state index < -0.39 is 0 Å². The molecule has 4 aliphatic rings. The van der Waals surface area contributed by atoms with Gasteiger partial charge in [0.15, 0.2) is 11.5 Å². The maximum atomic E-state index is 13.4. The number of anilines is 1. The first-order valence-corrected chi connectivity index (χ1v) is 14.1. The molecule has 6 heteroatoms. The average Bonchev–Trinajstić information content (AvgIpc) is 3.24. The Bertz CT molecular complexity index is 958. The third-order valence-electron chi connectivity index (χ3n) is 11.0. The standard InChI is InChI=1S/C29H42N4O2/c1-4-29-13-10-19(18-35-5-2)14-20(29)6-7-22-23-8-9-25(28(23,3)12-11-24(22)29)27(34)33-26-17-31-21(15-30)16-32-26/h16-17,19-20,22-25H,4-14,18H2,1-3H3,(H,32,33,34). The van der Waals surface area contributed by atoms with E-state index in [0.717, 1.165) is 49.7 Å². The Kier molecular flexibility index (Phi) is 6.92. The zero-order chi connectivity index (χ0) is 24.6. The van der Waals surface area contributed by atoms with Crippen LogP contribution in [-0.4, -0.2) is 29.1 Å². The maximum absolute atomic E-state index is 13.4. The van der Waals surface area contributed by atoms with E-state index in [1.54, 1.807) is 0 Å². The quantitative estimate of drug-likeness (QED) is 0.543. The molecular weight excluding hydrogens is 436 g/mol. The Morgan fingerprint density at radius 2 is 1.97 bits per heavy atom. The maximum Gasteiger partial charge on any atom is 0.229 e. The van der Waals surface area contributed by atoms with Crippen LogP contribution in [0.1, 0.15) is 90.7 Å². The Labute approximate surface area is 210 Å². The Hall–Kier alpha value is -2.00. The predicted molar refractivity (Wildman–Crippen MR) is 135 cm³/mol. The molecule has 4 fully saturated rings. The van der Waals surface area contributed by atoms with Gasteiger partial charge in [-0.25, -0.2) is 9.97 Å². The molecule has 8 atom stereocenters. The summed E-state index contributed by atoms with van der Waals surface area (Å²) in [6, 6.07) is 1.98. The highest BCUT2D eigenvalue weighted by molar-refractivity contribution is 5.92. The number of amides is 1. The topological polar surface area (TPSA) is 87.9 Å². The summed E-state index contributed by atoms with van der Waals surface area (Å²) in [6.07, 6.45) is 15.6. The van der Waals surface area contributed by atoms with Crippen LogP contribution >= 0.6 is 0 Å². The molecule has 35 heavy (non-hydrogen) atoms. The van der Waals surface area contributed by atoms with Crippen molar-refractivity contribution in [2.24, 2.45) is 46.3 Å². The lowest BCUT2D eigenvalue weighted by molar-refractivity contribution is -0.141. The number of nitrogens with zero attached hydrogens (tertiary/aromatic N) is 3. The van der Waals surface area contributed by atoms with Gasteiger partial charge < -0.3 is 10.1 Å². The summed E-state index contributed by atoms with van der Waals surface area (Å²) < 4.78 is 5.82. The fourth-order valence-electron chi connectivity index (χ4n) is 9.38. The summed E-state index contributed by atoms with van der Waals surface area (Å²) in [6.45, 7) is 8.74. The van der Waals surface area contributed by atoms with Gasteiger partial charge in [-0.15, -0.1) is 0 Å². The van der Waals surface area contributed by atoms with E-state index in [2.05, 4.69) is 36.1 Å². The Morgan fingerprint density at radius 3 is 2.69 bits per heavy atom. The fraction of sp³-hybridized carbons (Fsp3) is 0.793. The molecule has 1 aromatic heterocycles. The SMILES string of the molecule is CCOCC1CCC2(CC)C(CCC3C4CCC(C(=O)Nc5cnc(C#N)cn5)C4(C)CCC32)C1.